The number of benzene rings is 2. The minimum atomic E-state index is -0.787. The maximum atomic E-state index is 12.1. The van der Waals surface area contributed by atoms with Crippen molar-refractivity contribution in [3.05, 3.63) is 71.8 Å². The quantitative estimate of drug-likeness (QED) is 0.818. The molecule has 5 heteroatoms. The van der Waals surface area contributed by atoms with E-state index in [0.29, 0.717) is 12.4 Å². The molecule has 1 heterocycles. The third-order valence-corrected chi connectivity index (χ3v) is 5.67. The highest BCUT2D eigenvalue weighted by Gasteiger charge is 2.49. The summed E-state index contributed by atoms with van der Waals surface area (Å²) in [6.45, 7) is 2.14. The zero-order chi connectivity index (χ0) is 17.0. The third kappa shape index (κ3) is 3.20. The molecule has 1 saturated heterocycles. The van der Waals surface area contributed by atoms with E-state index in [4.69, 9.17) is 4.74 Å². The highest BCUT2D eigenvalue weighted by Crippen LogP contribution is 2.48. The highest BCUT2D eigenvalue weighted by atomic mass is 32.2. The van der Waals surface area contributed by atoms with Crippen LogP contribution in [0.5, 0.6) is 0 Å². The Bertz CT molecular complexity index is 680. The predicted molar refractivity (Wildman–Crippen MR) is 95.5 cm³/mol. The third-order valence-electron chi connectivity index (χ3n) is 4.14. The maximum Gasteiger partial charge on any atom is 0.324 e. The minimum Gasteiger partial charge on any atom is -0.465 e. The van der Waals surface area contributed by atoms with E-state index in [2.05, 4.69) is 5.32 Å². The van der Waals surface area contributed by atoms with Crippen molar-refractivity contribution in [1.29, 1.82) is 0 Å². The normalized spacial score (nSPS) is 24.5. The SMILES string of the molecule is CCOC(=O)[C@@H]1CSC(c2ccccc2)(C(O)c2ccccc2)N1. The molecule has 2 N–H and O–H groups in total. The summed E-state index contributed by atoms with van der Waals surface area (Å²) in [5, 5.41) is 14.5. The lowest BCUT2D eigenvalue weighted by Gasteiger charge is -2.35. The first-order chi connectivity index (χ1) is 11.7. The summed E-state index contributed by atoms with van der Waals surface area (Å²) in [6, 6.07) is 18.8. The Balaban J connectivity index is 1.96. The largest absolute Gasteiger partial charge is 0.465 e. The van der Waals surface area contributed by atoms with E-state index in [9.17, 15) is 9.90 Å². The first-order valence-corrected chi connectivity index (χ1v) is 9.02. The zero-order valence-electron chi connectivity index (χ0n) is 13.5. The number of hydrogen-bond donors (Lipinski definition) is 2. The average molecular weight is 343 g/mol. The number of aliphatic hydroxyl groups is 1. The summed E-state index contributed by atoms with van der Waals surface area (Å²) in [4.78, 5) is 11.4. The van der Waals surface area contributed by atoms with Crippen LogP contribution in [0.15, 0.2) is 60.7 Å². The van der Waals surface area contributed by atoms with Crippen LogP contribution >= 0.6 is 11.8 Å². The van der Waals surface area contributed by atoms with Gasteiger partial charge in [0.1, 0.15) is 17.0 Å². The van der Waals surface area contributed by atoms with Crippen molar-refractivity contribution in [2.24, 2.45) is 0 Å². The fourth-order valence-electron chi connectivity index (χ4n) is 2.96. The van der Waals surface area contributed by atoms with E-state index in [-0.39, 0.29) is 5.97 Å². The Kier molecular flexibility index (Phi) is 5.23. The molecule has 0 amide bonds. The number of aliphatic hydroxyl groups excluding tert-OH is 1. The fraction of sp³-hybridized carbons (Fsp3) is 0.316. The van der Waals surface area contributed by atoms with Gasteiger partial charge in [0.25, 0.3) is 0 Å². The van der Waals surface area contributed by atoms with Gasteiger partial charge in [0.15, 0.2) is 0 Å². The lowest BCUT2D eigenvalue weighted by Crippen LogP contribution is -2.47. The van der Waals surface area contributed by atoms with Crippen molar-refractivity contribution in [1.82, 2.24) is 5.32 Å². The minimum absolute atomic E-state index is 0.275. The van der Waals surface area contributed by atoms with Gasteiger partial charge in [-0.25, -0.2) is 0 Å². The molecular formula is C19H21NO3S. The Labute approximate surface area is 146 Å². The molecule has 4 nitrogen and oxygen atoms in total. The Morgan fingerprint density at radius 1 is 1.25 bits per heavy atom. The van der Waals surface area contributed by atoms with Gasteiger partial charge >= 0.3 is 5.97 Å². The fourth-order valence-corrected chi connectivity index (χ4v) is 4.44. The zero-order valence-corrected chi connectivity index (χ0v) is 14.3. The van der Waals surface area contributed by atoms with Gasteiger partial charge in [0.05, 0.1) is 6.61 Å². The van der Waals surface area contributed by atoms with Gasteiger partial charge < -0.3 is 9.84 Å². The highest BCUT2D eigenvalue weighted by molar-refractivity contribution is 8.00. The molecule has 24 heavy (non-hydrogen) atoms. The first kappa shape index (κ1) is 17.0. The van der Waals surface area contributed by atoms with Crippen LogP contribution in [-0.2, 0) is 14.4 Å². The van der Waals surface area contributed by atoms with Crippen LogP contribution in [0.4, 0.5) is 0 Å². The molecule has 126 valence electrons. The molecule has 3 rings (SSSR count). The summed E-state index contributed by atoms with van der Waals surface area (Å²) >= 11 is 1.55. The molecule has 0 spiro atoms. The predicted octanol–water partition coefficient (Wildman–Crippen LogP) is 2.84. The molecule has 3 atom stereocenters. The van der Waals surface area contributed by atoms with E-state index in [0.717, 1.165) is 11.1 Å². The molecule has 1 aliphatic heterocycles. The van der Waals surface area contributed by atoms with Crippen LogP contribution in [0.2, 0.25) is 0 Å². The van der Waals surface area contributed by atoms with Crippen LogP contribution in [0.1, 0.15) is 24.2 Å². The number of rotatable bonds is 5. The Hall–Kier alpha value is -1.82. The topological polar surface area (TPSA) is 58.6 Å². The number of ether oxygens (including phenoxy) is 1. The number of esters is 1. The molecule has 1 fully saturated rings. The lowest BCUT2D eigenvalue weighted by molar-refractivity contribution is -0.145. The van der Waals surface area contributed by atoms with Gasteiger partial charge in [0.2, 0.25) is 0 Å². The number of thioether (sulfide) groups is 1. The maximum absolute atomic E-state index is 12.1. The molecule has 2 unspecified atom stereocenters. The van der Waals surface area contributed by atoms with Crippen LogP contribution in [-0.4, -0.2) is 29.5 Å². The second-order valence-electron chi connectivity index (χ2n) is 5.67. The Morgan fingerprint density at radius 2 is 1.88 bits per heavy atom. The van der Waals surface area contributed by atoms with Crippen molar-refractivity contribution in [2.45, 2.75) is 23.9 Å². The lowest BCUT2D eigenvalue weighted by atomic mass is 9.94. The van der Waals surface area contributed by atoms with E-state index in [1.807, 2.05) is 60.7 Å². The van der Waals surface area contributed by atoms with Crippen LogP contribution in [0, 0.1) is 0 Å². The molecule has 2 aromatic rings. The number of hydrogen-bond acceptors (Lipinski definition) is 5. The summed E-state index contributed by atoms with van der Waals surface area (Å²) in [6.07, 6.45) is -0.787. The number of carbonyl (C=O) groups is 1. The van der Waals surface area contributed by atoms with Gasteiger partial charge in [0, 0.05) is 5.75 Å². The van der Waals surface area contributed by atoms with Gasteiger partial charge in [-0.3, -0.25) is 10.1 Å². The standard InChI is InChI=1S/C19H21NO3S/c1-2-23-18(22)16-13-24-19(20-16,15-11-7-4-8-12-15)17(21)14-9-5-3-6-10-14/h3-12,16-17,20-21H,2,13H2,1H3/t16-,17?,19?/m0/s1. The van der Waals surface area contributed by atoms with Crippen LogP contribution < -0.4 is 5.32 Å². The molecule has 0 aliphatic carbocycles. The van der Waals surface area contributed by atoms with Gasteiger partial charge in [-0.05, 0) is 18.1 Å². The van der Waals surface area contributed by atoms with E-state index < -0.39 is 17.0 Å². The molecule has 0 saturated carbocycles. The van der Waals surface area contributed by atoms with Gasteiger partial charge in [-0.15, -0.1) is 11.8 Å². The number of carbonyl (C=O) groups excluding carboxylic acids is 1. The van der Waals surface area contributed by atoms with Crippen molar-refractivity contribution in [3.63, 3.8) is 0 Å². The smallest absolute Gasteiger partial charge is 0.324 e. The molecule has 2 aromatic carbocycles. The van der Waals surface area contributed by atoms with Gasteiger partial charge in [-0.2, -0.15) is 0 Å². The second kappa shape index (κ2) is 7.38. The van der Waals surface area contributed by atoms with Crippen molar-refractivity contribution >= 4 is 17.7 Å². The van der Waals surface area contributed by atoms with Crippen molar-refractivity contribution in [3.8, 4) is 0 Å². The molecule has 0 aromatic heterocycles. The summed E-state index contributed by atoms with van der Waals surface area (Å²) in [5.74, 6) is 0.278. The monoisotopic (exact) mass is 343 g/mol. The second-order valence-corrected chi connectivity index (χ2v) is 6.94. The molecular weight excluding hydrogens is 322 g/mol. The molecule has 0 bridgehead atoms. The van der Waals surface area contributed by atoms with Crippen LogP contribution in [0.3, 0.4) is 0 Å². The van der Waals surface area contributed by atoms with Crippen molar-refractivity contribution < 1.29 is 14.6 Å². The Morgan fingerprint density at radius 3 is 2.50 bits per heavy atom. The average Bonchev–Trinajstić information content (AvgIpc) is 3.09. The van der Waals surface area contributed by atoms with E-state index in [1.54, 1.807) is 18.7 Å². The first-order valence-electron chi connectivity index (χ1n) is 8.04. The summed E-state index contributed by atoms with van der Waals surface area (Å²) in [5.41, 5.74) is 1.75. The van der Waals surface area contributed by atoms with E-state index >= 15 is 0 Å². The van der Waals surface area contributed by atoms with Crippen LogP contribution in [0.25, 0.3) is 0 Å². The van der Waals surface area contributed by atoms with Gasteiger partial charge in [-0.1, -0.05) is 60.7 Å². The van der Waals surface area contributed by atoms with E-state index in [1.165, 1.54) is 0 Å². The number of nitrogens with one attached hydrogen (secondary N) is 1. The molecule has 1 aliphatic rings. The summed E-state index contributed by atoms with van der Waals surface area (Å²) in [7, 11) is 0. The van der Waals surface area contributed by atoms with Crippen molar-refractivity contribution in [2.75, 3.05) is 12.4 Å². The summed E-state index contributed by atoms with van der Waals surface area (Å²) < 4.78 is 5.14. The molecule has 0 radical (unpaired) electrons.